The molecule has 0 unspecified atom stereocenters. The molecule has 0 atom stereocenters. The maximum absolute atomic E-state index is 11.3. The topological polar surface area (TPSA) is 50.2 Å². The van der Waals surface area contributed by atoms with Crippen LogP contribution in [0.2, 0.25) is 0 Å². The first-order valence-corrected chi connectivity index (χ1v) is 9.03. The molecular weight excluding hydrogens is 298 g/mol. The molecule has 3 nitrogen and oxygen atoms in total. The maximum atomic E-state index is 11.3. The van der Waals surface area contributed by atoms with E-state index in [1.54, 1.807) is 6.07 Å². The van der Waals surface area contributed by atoms with E-state index >= 15 is 0 Å². The van der Waals surface area contributed by atoms with Gasteiger partial charge in [-0.05, 0) is 30.7 Å². The number of aromatic carboxylic acids is 1. The van der Waals surface area contributed by atoms with Gasteiger partial charge in [0, 0.05) is 17.3 Å². The molecule has 132 valence electrons. The summed E-state index contributed by atoms with van der Waals surface area (Å²) >= 11 is 0. The number of terminal acetylenes is 1. The van der Waals surface area contributed by atoms with Gasteiger partial charge in [-0.1, -0.05) is 65.2 Å². The monoisotopic (exact) mass is 329 g/mol. The van der Waals surface area contributed by atoms with Crippen molar-refractivity contribution in [3.8, 4) is 12.3 Å². The van der Waals surface area contributed by atoms with E-state index < -0.39 is 5.97 Å². The second-order valence-corrected chi connectivity index (χ2v) is 7.67. The molecule has 24 heavy (non-hydrogen) atoms. The van der Waals surface area contributed by atoms with Gasteiger partial charge in [-0.25, -0.2) is 9.78 Å². The lowest BCUT2D eigenvalue weighted by Crippen LogP contribution is -2.07. The van der Waals surface area contributed by atoms with Gasteiger partial charge in [0.15, 0.2) is 5.69 Å². The molecule has 1 rings (SSSR count). The van der Waals surface area contributed by atoms with E-state index in [0.29, 0.717) is 23.0 Å². The average molecular weight is 329 g/mol. The van der Waals surface area contributed by atoms with Crippen molar-refractivity contribution in [2.24, 2.45) is 5.41 Å². The van der Waals surface area contributed by atoms with Crippen molar-refractivity contribution in [2.45, 2.75) is 78.6 Å². The van der Waals surface area contributed by atoms with E-state index in [2.05, 4.69) is 31.7 Å². The highest BCUT2D eigenvalue weighted by atomic mass is 16.4. The molecule has 0 saturated carbocycles. The number of carboxylic acids is 1. The van der Waals surface area contributed by atoms with E-state index in [4.69, 9.17) is 6.42 Å². The number of unbranched alkanes of at least 4 members (excludes halogenated alkanes) is 6. The molecule has 3 heteroatoms. The third-order valence-corrected chi connectivity index (χ3v) is 4.27. The van der Waals surface area contributed by atoms with Crippen LogP contribution < -0.4 is 0 Å². The Morgan fingerprint density at radius 3 is 2.25 bits per heavy atom. The second kappa shape index (κ2) is 10.1. The summed E-state index contributed by atoms with van der Waals surface area (Å²) in [5.41, 5.74) is 1.91. The Labute approximate surface area is 146 Å². The first-order valence-electron chi connectivity index (χ1n) is 9.03. The molecule has 0 radical (unpaired) electrons. The van der Waals surface area contributed by atoms with Crippen LogP contribution in [0.25, 0.3) is 0 Å². The van der Waals surface area contributed by atoms with Gasteiger partial charge in [0.05, 0.1) is 0 Å². The highest BCUT2D eigenvalue weighted by Crippen LogP contribution is 2.23. The van der Waals surface area contributed by atoms with Crippen LogP contribution in [-0.2, 0) is 6.42 Å². The number of rotatable bonds is 10. The van der Waals surface area contributed by atoms with Crippen molar-refractivity contribution in [1.29, 1.82) is 0 Å². The van der Waals surface area contributed by atoms with Crippen LogP contribution in [0.5, 0.6) is 0 Å². The summed E-state index contributed by atoms with van der Waals surface area (Å²) < 4.78 is 0. The molecule has 0 fully saturated rings. The maximum Gasteiger partial charge on any atom is 0.354 e. The Morgan fingerprint density at radius 1 is 1.12 bits per heavy atom. The van der Waals surface area contributed by atoms with Crippen molar-refractivity contribution in [3.05, 3.63) is 29.1 Å². The number of pyridine rings is 1. The number of carboxylic acid groups (broad SMARTS) is 1. The number of nitrogens with zero attached hydrogens (tertiary/aromatic N) is 1. The molecule has 1 heterocycles. The molecule has 1 N–H and O–H groups in total. The van der Waals surface area contributed by atoms with E-state index in [1.165, 1.54) is 44.7 Å². The van der Waals surface area contributed by atoms with Gasteiger partial charge in [-0.3, -0.25) is 0 Å². The van der Waals surface area contributed by atoms with Crippen LogP contribution in [0.4, 0.5) is 0 Å². The zero-order valence-corrected chi connectivity index (χ0v) is 15.4. The van der Waals surface area contributed by atoms with E-state index in [-0.39, 0.29) is 5.69 Å². The van der Waals surface area contributed by atoms with Crippen molar-refractivity contribution < 1.29 is 9.90 Å². The summed E-state index contributed by atoms with van der Waals surface area (Å²) in [6.45, 7) is 6.88. The fourth-order valence-electron chi connectivity index (χ4n) is 2.91. The van der Waals surface area contributed by atoms with Crippen LogP contribution >= 0.6 is 0 Å². The fourth-order valence-corrected chi connectivity index (χ4v) is 2.91. The van der Waals surface area contributed by atoms with Crippen LogP contribution in [-0.4, -0.2) is 16.1 Å². The Balaban J connectivity index is 2.27. The summed E-state index contributed by atoms with van der Waals surface area (Å²) in [5, 5.41) is 9.23. The average Bonchev–Trinajstić information content (AvgIpc) is 2.51. The van der Waals surface area contributed by atoms with Crippen LogP contribution in [0.3, 0.4) is 0 Å². The molecule has 0 aliphatic rings. The van der Waals surface area contributed by atoms with Gasteiger partial charge >= 0.3 is 5.97 Å². The zero-order chi connectivity index (χ0) is 18.0. The van der Waals surface area contributed by atoms with Crippen molar-refractivity contribution in [3.63, 3.8) is 0 Å². The summed E-state index contributed by atoms with van der Waals surface area (Å²) in [4.78, 5) is 15.2. The minimum Gasteiger partial charge on any atom is -0.477 e. The molecule has 0 aliphatic carbocycles. The minimum atomic E-state index is -0.999. The van der Waals surface area contributed by atoms with Crippen molar-refractivity contribution in [2.75, 3.05) is 0 Å². The highest BCUT2D eigenvalue weighted by molar-refractivity contribution is 5.87. The van der Waals surface area contributed by atoms with Crippen molar-refractivity contribution in [1.82, 2.24) is 4.98 Å². The van der Waals surface area contributed by atoms with E-state index in [9.17, 15) is 9.90 Å². The van der Waals surface area contributed by atoms with E-state index in [1.807, 2.05) is 0 Å². The first kappa shape index (κ1) is 20.2. The minimum absolute atomic E-state index is 0.104. The molecule has 0 saturated heterocycles. The predicted molar refractivity (Wildman–Crippen MR) is 99.2 cm³/mol. The van der Waals surface area contributed by atoms with Crippen molar-refractivity contribution >= 4 is 5.97 Å². The fraction of sp³-hybridized carbons (Fsp3) is 0.619. The molecule has 0 aliphatic heterocycles. The van der Waals surface area contributed by atoms with Gasteiger partial charge in [-0.2, -0.15) is 0 Å². The Kier molecular flexibility index (Phi) is 8.54. The number of carbonyl (C=O) groups is 1. The number of aromatic nitrogens is 1. The first-order chi connectivity index (χ1) is 11.3. The smallest absolute Gasteiger partial charge is 0.354 e. The summed E-state index contributed by atoms with van der Waals surface area (Å²) in [6, 6.07) is 1.72. The van der Waals surface area contributed by atoms with Gasteiger partial charge in [0.25, 0.3) is 0 Å². The van der Waals surface area contributed by atoms with E-state index in [0.717, 1.165) is 12.8 Å². The molecule has 0 bridgehead atoms. The Bertz CT molecular complexity index is 564. The molecular formula is C21H31NO2. The SMILES string of the molecule is C#Cc1ccnc(C(=O)O)c1CCCCCCCCCC(C)(C)C. The number of hydrogen-bond acceptors (Lipinski definition) is 2. The van der Waals surface area contributed by atoms with Crippen LogP contribution in [0, 0.1) is 17.8 Å². The Hall–Kier alpha value is -1.82. The third-order valence-electron chi connectivity index (χ3n) is 4.27. The quantitative estimate of drug-likeness (QED) is 0.457. The third kappa shape index (κ3) is 7.64. The predicted octanol–water partition coefficient (Wildman–Crippen LogP) is 5.47. The molecule has 0 amide bonds. The summed E-state index contributed by atoms with van der Waals surface area (Å²) in [5.74, 6) is 1.58. The lowest BCUT2D eigenvalue weighted by atomic mass is 9.89. The van der Waals surface area contributed by atoms with Crippen LogP contribution in [0.1, 0.15) is 93.8 Å². The van der Waals surface area contributed by atoms with Gasteiger partial charge in [0.2, 0.25) is 0 Å². The molecule has 1 aromatic heterocycles. The largest absolute Gasteiger partial charge is 0.477 e. The van der Waals surface area contributed by atoms with Gasteiger partial charge in [0.1, 0.15) is 0 Å². The highest BCUT2D eigenvalue weighted by Gasteiger charge is 2.14. The number of hydrogen-bond donors (Lipinski definition) is 1. The summed E-state index contributed by atoms with van der Waals surface area (Å²) in [7, 11) is 0. The molecule has 0 aromatic carbocycles. The van der Waals surface area contributed by atoms with Gasteiger partial charge in [-0.15, -0.1) is 6.42 Å². The second-order valence-electron chi connectivity index (χ2n) is 7.67. The standard InChI is InChI=1S/C21H31NO2/c1-5-17-14-16-22-19(20(23)24)18(17)13-11-9-7-6-8-10-12-15-21(2,3)4/h1,14,16H,6-13,15H2,2-4H3,(H,23,24). The molecule has 1 aromatic rings. The Morgan fingerprint density at radius 2 is 1.71 bits per heavy atom. The van der Waals surface area contributed by atoms with Gasteiger partial charge < -0.3 is 5.11 Å². The summed E-state index contributed by atoms with van der Waals surface area (Å²) in [6.07, 6.45) is 17.4. The lowest BCUT2D eigenvalue weighted by Gasteiger charge is -2.17. The van der Waals surface area contributed by atoms with Crippen LogP contribution in [0.15, 0.2) is 12.3 Å². The normalized spacial score (nSPS) is 11.2. The molecule has 0 spiro atoms. The lowest BCUT2D eigenvalue weighted by molar-refractivity contribution is 0.0689. The zero-order valence-electron chi connectivity index (χ0n) is 15.4.